The molecule has 30 heavy (non-hydrogen) atoms. The number of nitrogens with one attached hydrogen (secondary N) is 2. The van der Waals surface area contributed by atoms with Crippen LogP contribution in [-0.4, -0.2) is 57.2 Å². The molecule has 1 amide bonds. The highest BCUT2D eigenvalue weighted by atomic mass is 127. The van der Waals surface area contributed by atoms with Gasteiger partial charge in [-0.1, -0.05) is 32.9 Å². The molecule has 6 nitrogen and oxygen atoms in total. The van der Waals surface area contributed by atoms with Crippen LogP contribution >= 0.6 is 24.0 Å². The zero-order valence-electron chi connectivity index (χ0n) is 18.3. The Morgan fingerprint density at radius 3 is 2.33 bits per heavy atom. The Morgan fingerprint density at radius 1 is 1.20 bits per heavy atom. The highest BCUT2D eigenvalue weighted by Gasteiger charge is 2.30. The summed E-state index contributed by atoms with van der Waals surface area (Å²) in [5.74, 6) is 0.168. The van der Waals surface area contributed by atoms with Crippen LogP contribution < -0.4 is 10.6 Å². The summed E-state index contributed by atoms with van der Waals surface area (Å²) in [6.45, 7) is 6.56. The lowest BCUT2D eigenvalue weighted by atomic mass is 9.89. The minimum Gasteiger partial charge on any atom is -0.379 e. The van der Waals surface area contributed by atoms with Crippen molar-refractivity contribution in [2.45, 2.75) is 39.6 Å². The van der Waals surface area contributed by atoms with E-state index in [9.17, 15) is 18.0 Å². The summed E-state index contributed by atoms with van der Waals surface area (Å²) in [6.07, 6.45) is -4.54. The molecule has 1 rings (SSSR count). The molecule has 172 valence electrons. The molecule has 2 N–H and O–H groups in total. The van der Waals surface area contributed by atoms with Crippen molar-refractivity contribution in [2.75, 3.05) is 34.3 Å². The molecular formula is C20H32F3IN4O2. The van der Waals surface area contributed by atoms with Crippen LogP contribution in [0, 0.1) is 5.41 Å². The second kappa shape index (κ2) is 12.3. The van der Waals surface area contributed by atoms with E-state index in [1.165, 1.54) is 11.0 Å². The van der Waals surface area contributed by atoms with Crippen LogP contribution in [-0.2, 0) is 22.3 Å². The molecule has 0 aliphatic carbocycles. The highest BCUT2D eigenvalue weighted by molar-refractivity contribution is 14.0. The second-order valence-electron chi connectivity index (χ2n) is 7.98. The molecule has 1 aromatic carbocycles. The Bertz CT molecular complexity index is 704. The first-order valence-electron chi connectivity index (χ1n) is 9.26. The molecule has 0 fully saturated rings. The Kier molecular flexibility index (Phi) is 11.7. The van der Waals surface area contributed by atoms with Gasteiger partial charge in [0.25, 0.3) is 0 Å². The number of ether oxygens (including phenoxy) is 1. The van der Waals surface area contributed by atoms with Gasteiger partial charge in [0.05, 0.1) is 24.8 Å². The summed E-state index contributed by atoms with van der Waals surface area (Å²) in [5.41, 5.74) is -0.436. The summed E-state index contributed by atoms with van der Waals surface area (Å²) in [5, 5.41) is 6.02. The second-order valence-corrected chi connectivity index (χ2v) is 7.98. The first-order chi connectivity index (χ1) is 13.3. The predicted molar refractivity (Wildman–Crippen MR) is 123 cm³/mol. The summed E-state index contributed by atoms with van der Waals surface area (Å²) < 4.78 is 44.2. The summed E-state index contributed by atoms with van der Waals surface area (Å²) in [4.78, 5) is 17.6. The largest absolute Gasteiger partial charge is 0.416 e. The first kappa shape index (κ1) is 28.4. The lowest BCUT2D eigenvalue weighted by Gasteiger charge is -2.30. The molecule has 1 atom stereocenters. The van der Waals surface area contributed by atoms with Gasteiger partial charge in [-0.15, -0.1) is 24.0 Å². The Labute approximate surface area is 193 Å². The van der Waals surface area contributed by atoms with E-state index >= 15 is 0 Å². The summed E-state index contributed by atoms with van der Waals surface area (Å²) >= 11 is 0. The van der Waals surface area contributed by atoms with Crippen LogP contribution in [0.5, 0.6) is 0 Å². The van der Waals surface area contributed by atoms with Gasteiger partial charge in [0.1, 0.15) is 0 Å². The third-order valence-corrected chi connectivity index (χ3v) is 4.29. The maximum Gasteiger partial charge on any atom is 0.416 e. The third kappa shape index (κ3) is 9.96. The number of amides is 1. The third-order valence-electron chi connectivity index (χ3n) is 4.29. The van der Waals surface area contributed by atoms with E-state index in [0.29, 0.717) is 18.1 Å². The van der Waals surface area contributed by atoms with Gasteiger partial charge < -0.3 is 20.3 Å². The van der Waals surface area contributed by atoms with Gasteiger partial charge in [-0.05, 0) is 23.1 Å². The maximum absolute atomic E-state index is 12.9. The Morgan fingerprint density at radius 2 is 1.83 bits per heavy atom. The maximum atomic E-state index is 12.9. The Hall–Kier alpha value is -1.56. The van der Waals surface area contributed by atoms with Gasteiger partial charge in [0.15, 0.2) is 5.96 Å². The van der Waals surface area contributed by atoms with Crippen LogP contribution in [0.15, 0.2) is 29.3 Å². The van der Waals surface area contributed by atoms with E-state index in [0.717, 1.165) is 12.1 Å². The number of alkyl halides is 3. The van der Waals surface area contributed by atoms with Crippen molar-refractivity contribution in [1.82, 2.24) is 15.5 Å². The predicted octanol–water partition coefficient (Wildman–Crippen LogP) is 3.51. The van der Waals surface area contributed by atoms with Gasteiger partial charge in [-0.2, -0.15) is 13.2 Å². The van der Waals surface area contributed by atoms with Crippen molar-refractivity contribution in [2.24, 2.45) is 10.4 Å². The van der Waals surface area contributed by atoms with Gasteiger partial charge in [-0.3, -0.25) is 4.79 Å². The van der Waals surface area contributed by atoms with Crippen molar-refractivity contribution in [3.8, 4) is 0 Å². The smallest absolute Gasteiger partial charge is 0.379 e. The summed E-state index contributed by atoms with van der Waals surface area (Å²) in [6, 6.07) is 5.02. The molecule has 0 aromatic heterocycles. The van der Waals surface area contributed by atoms with Crippen LogP contribution in [0.2, 0.25) is 0 Å². The molecule has 0 aliphatic heterocycles. The number of halogens is 4. The van der Waals surface area contributed by atoms with Crippen molar-refractivity contribution >= 4 is 35.8 Å². The molecule has 10 heteroatoms. The number of aliphatic imine (C=N–C) groups is 1. The average Bonchev–Trinajstić information content (AvgIpc) is 2.61. The lowest BCUT2D eigenvalue weighted by molar-refractivity contribution is -0.137. The number of benzene rings is 1. The number of hydrogen-bond donors (Lipinski definition) is 2. The van der Waals surface area contributed by atoms with Crippen molar-refractivity contribution < 1.29 is 22.7 Å². The standard InChI is InChI=1S/C20H31F3N4O2.HI/c1-19(2,3)16(29-6)12-25-18(26-13-17(28)27(4)5)24-11-14-8-7-9-15(10-14)20(21,22)23;/h7-10,16H,11-13H2,1-6H3,(H2,24,25,26);1H. The van der Waals surface area contributed by atoms with Gasteiger partial charge in [-0.25, -0.2) is 4.99 Å². The van der Waals surface area contributed by atoms with Crippen molar-refractivity contribution in [3.63, 3.8) is 0 Å². The van der Waals surface area contributed by atoms with E-state index in [1.807, 2.05) is 20.8 Å². The molecule has 0 aliphatic rings. The SMILES string of the molecule is COC(CNC(=NCc1cccc(C(F)(F)F)c1)NCC(=O)N(C)C)C(C)(C)C.I. The minimum atomic E-state index is -4.41. The number of rotatable bonds is 7. The van der Waals surface area contributed by atoms with Crippen LogP contribution in [0.25, 0.3) is 0 Å². The fourth-order valence-corrected chi connectivity index (χ4v) is 2.44. The van der Waals surface area contributed by atoms with Gasteiger partial charge >= 0.3 is 6.18 Å². The fourth-order valence-electron chi connectivity index (χ4n) is 2.44. The summed E-state index contributed by atoms with van der Waals surface area (Å²) in [7, 11) is 4.88. The van der Waals surface area contributed by atoms with E-state index in [4.69, 9.17) is 4.74 Å². The topological polar surface area (TPSA) is 66.0 Å². The molecular weight excluding hydrogens is 512 g/mol. The Balaban J connectivity index is 0.00000841. The molecule has 0 radical (unpaired) electrons. The van der Waals surface area contributed by atoms with Gasteiger partial charge in [0.2, 0.25) is 5.91 Å². The molecule has 1 aromatic rings. The number of likely N-dealkylation sites (N-methyl/N-ethyl adjacent to an activating group) is 1. The molecule has 0 saturated carbocycles. The van der Waals surface area contributed by atoms with E-state index in [1.54, 1.807) is 27.3 Å². The number of nitrogens with zero attached hydrogens (tertiary/aromatic N) is 2. The number of methoxy groups -OCH3 is 1. The lowest BCUT2D eigenvalue weighted by Crippen LogP contribution is -2.47. The monoisotopic (exact) mass is 544 g/mol. The average molecular weight is 544 g/mol. The van der Waals surface area contributed by atoms with Crippen LogP contribution in [0.1, 0.15) is 31.9 Å². The van der Waals surface area contributed by atoms with Crippen LogP contribution in [0.3, 0.4) is 0 Å². The van der Waals surface area contributed by atoms with Crippen LogP contribution in [0.4, 0.5) is 13.2 Å². The fraction of sp³-hybridized carbons (Fsp3) is 0.600. The highest BCUT2D eigenvalue weighted by Crippen LogP contribution is 2.29. The number of carbonyl (C=O) groups excluding carboxylic acids is 1. The van der Waals surface area contributed by atoms with Crippen molar-refractivity contribution in [1.29, 1.82) is 0 Å². The number of hydrogen-bond acceptors (Lipinski definition) is 3. The van der Waals surface area contributed by atoms with E-state index in [-0.39, 0.29) is 54.5 Å². The van der Waals surface area contributed by atoms with Gasteiger partial charge in [0, 0.05) is 27.7 Å². The molecule has 1 unspecified atom stereocenters. The van der Waals surface area contributed by atoms with E-state index in [2.05, 4.69) is 15.6 Å². The zero-order valence-corrected chi connectivity index (χ0v) is 20.6. The molecule has 0 saturated heterocycles. The number of carbonyl (C=O) groups is 1. The first-order valence-corrected chi connectivity index (χ1v) is 9.26. The normalized spacial score (nSPS) is 13.3. The van der Waals surface area contributed by atoms with Crippen molar-refractivity contribution in [3.05, 3.63) is 35.4 Å². The van der Waals surface area contributed by atoms with E-state index < -0.39 is 11.7 Å². The number of guanidine groups is 1. The minimum absolute atomic E-state index is 0. The molecule has 0 heterocycles. The molecule has 0 spiro atoms. The zero-order chi connectivity index (χ0) is 22.2. The quantitative estimate of drug-likeness (QED) is 0.314. The molecule has 0 bridgehead atoms.